The minimum atomic E-state index is -0.258. The Balaban J connectivity index is 1.28. The van der Waals surface area contributed by atoms with E-state index < -0.39 is 0 Å². The summed E-state index contributed by atoms with van der Waals surface area (Å²) in [6, 6.07) is 17.1. The van der Waals surface area contributed by atoms with Gasteiger partial charge in [-0.2, -0.15) is 5.10 Å². The molecule has 0 aliphatic heterocycles. The second kappa shape index (κ2) is 9.51. The standard InChI is InChI=1S/C23H27N5O3/c1-31-20-11-7-17(8-12-20)13-14-24-22(29)25-15-16-27-23(30)28(19-5-3-2-4-6-19)21(26-27)18-9-10-18/h2-8,11-12,18H,9-10,13-16H2,1H3,(H2,24,25,29). The molecule has 1 aliphatic rings. The molecule has 31 heavy (non-hydrogen) atoms. The van der Waals surface area contributed by atoms with E-state index in [2.05, 4.69) is 15.7 Å². The van der Waals surface area contributed by atoms with E-state index in [1.54, 1.807) is 11.7 Å². The van der Waals surface area contributed by atoms with Crippen LogP contribution in [0, 0.1) is 0 Å². The number of nitrogens with one attached hydrogen (secondary N) is 2. The largest absolute Gasteiger partial charge is 0.497 e. The van der Waals surface area contributed by atoms with Crippen molar-refractivity contribution in [3.05, 3.63) is 76.5 Å². The summed E-state index contributed by atoms with van der Waals surface area (Å²) in [5.74, 6) is 1.95. The fourth-order valence-corrected chi connectivity index (χ4v) is 3.45. The zero-order chi connectivity index (χ0) is 21.6. The van der Waals surface area contributed by atoms with Gasteiger partial charge in [-0.05, 0) is 49.1 Å². The second-order valence-electron chi connectivity index (χ2n) is 7.59. The van der Waals surface area contributed by atoms with Crippen molar-refractivity contribution < 1.29 is 9.53 Å². The predicted molar refractivity (Wildman–Crippen MR) is 118 cm³/mol. The first-order chi connectivity index (χ1) is 15.2. The summed E-state index contributed by atoms with van der Waals surface area (Å²) in [6.07, 6.45) is 2.83. The number of urea groups is 1. The summed E-state index contributed by atoms with van der Waals surface area (Å²) >= 11 is 0. The Morgan fingerprint density at radius 1 is 1.06 bits per heavy atom. The third kappa shape index (κ3) is 5.14. The van der Waals surface area contributed by atoms with Gasteiger partial charge >= 0.3 is 11.7 Å². The molecule has 1 aliphatic carbocycles. The van der Waals surface area contributed by atoms with Gasteiger partial charge in [0.1, 0.15) is 11.6 Å². The van der Waals surface area contributed by atoms with E-state index in [0.717, 1.165) is 42.1 Å². The molecule has 1 saturated carbocycles. The number of rotatable bonds is 9. The van der Waals surface area contributed by atoms with Crippen molar-refractivity contribution in [2.45, 2.75) is 31.7 Å². The molecule has 0 spiro atoms. The van der Waals surface area contributed by atoms with Crippen LogP contribution >= 0.6 is 0 Å². The van der Waals surface area contributed by atoms with Gasteiger partial charge in [-0.25, -0.2) is 18.8 Å². The summed E-state index contributed by atoms with van der Waals surface area (Å²) in [5, 5.41) is 10.2. The van der Waals surface area contributed by atoms with E-state index in [-0.39, 0.29) is 11.7 Å². The number of hydrogen-bond donors (Lipinski definition) is 2. The molecule has 3 aromatic rings. The Labute approximate surface area is 180 Å². The summed E-state index contributed by atoms with van der Waals surface area (Å²) < 4.78 is 8.27. The molecule has 162 valence electrons. The number of methoxy groups -OCH3 is 1. The zero-order valence-corrected chi connectivity index (χ0v) is 17.6. The maximum absolute atomic E-state index is 12.9. The second-order valence-corrected chi connectivity index (χ2v) is 7.59. The van der Waals surface area contributed by atoms with Crippen LogP contribution < -0.4 is 21.1 Å². The molecular weight excluding hydrogens is 394 g/mol. The van der Waals surface area contributed by atoms with Crippen molar-refractivity contribution in [3.63, 3.8) is 0 Å². The van der Waals surface area contributed by atoms with Gasteiger partial charge in [-0.1, -0.05) is 30.3 Å². The van der Waals surface area contributed by atoms with E-state index in [0.29, 0.717) is 25.6 Å². The highest BCUT2D eigenvalue weighted by Crippen LogP contribution is 2.39. The summed E-state index contributed by atoms with van der Waals surface area (Å²) in [4.78, 5) is 25.0. The van der Waals surface area contributed by atoms with Crippen LogP contribution in [0.5, 0.6) is 5.75 Å². The third-order valence-corrected chi connectivity index (χ3v) is 5.29. The number of para-hydroxylation sites is 1. The quantitative estimate of drug-likeness (QED) is 0.555. The highest BCUT2D eigenvalue weighted by atomic mass is 16.5. The SMILES string of the molecule is COc1ccc(CCNC(=O)NCCn2nc(C3CC3)n(-c3ccccc3)c2=O)cc1. The fraction of sp³-hybridized carbons (Fsp3) is 0.348. The summed E-state index contributed by atoms with van der Waals surface area (Å²) in [6.45, 7) is 1.17. The van der Waals surface area contributed by atoms with Crippen LogP contribution in [-0.4, -0.2) is 40.6 Å². The summed E-state index contributed by atoms with van der Waals surface area (Å²) in [7, 11) is 1.63. The molecule has 0 atom stereocenters. The number of amides is 2. The number of carbonyl (C=O) groups excluding carboxylic acids is 1. The molecule has 0 unspecified atom stereocenters. The summed E-state index contributed by atoms with van der Waals surface area (Å²) in [5.41, 5.74) is 1.77. The van der Waals surface area contributed by atoms with Crippen LogP contribution in [0.3, 0.4) is 0 Å². The molecule has 8 heteroatoms. The average Bonchev–Trinajstić information content (AvgIpc) is 3.59. The molecular formula is C23H27N5O3. The van der Waals surface area contributed by atoms with Crippen molar-refractivity contribution >= 4 is 6.03 Å². The maximum Gasteiger partial charge on any atom is 0.350 e. The number of aromatic nitrogens is 3. The number of carbonyl (C=O) groups is 1. The number of hydrogen-bond acceptors (Lipinski definition) is 4. The van der Waals surface area contributed by atoms with Crippen LogP contribution in [0.15, 0.2) is 59.4 Å². The van der Waals surface area contributed by atoms with E-state index >= 15 is 0 Å². The van der Waals surface area contributed by atoms with E-state index in [1.165, 1.54) is 4.68 Å². The van der Waals surface area contributed by atoms with Crippen molar-refractivity contribution in [1.29, 1.82) is 0 Å². The lowest BCUT2D eigenvalue weighted by Crippen LogP contribution is -2.39. The van der Waals surface area contributed by atoms with E-state index in [9.17, 15) is 9.59 Å². The van der Waals surface area contributed by atoms with Crippen LogP contribution in [0.2, 0.25) is 0 Å². The van der Waals surface area contributed by atoms with Crippen molar-refractivity contribution in [2.24, 2.45) is 0 Å². The van der Waals surface area contributed by atoms with Gasteiger partial charge in [0.25, 0.3) is 0 Å². The Kier molecular flexibility index (Phi) is 6.35. The minimum absolute atomic E-state index is 0.171. The highest BCUT2D eigenvalue weighted by molar-refractivity contribution is 5.73. The third-order valence-electron chi connectivity index (χ3n) is 5.29. The van der Waals surface area contributed by atoms with Crippen molar-refractivity contribution in [1.82, 2.24) is 25.0 Å². The number of ether oxygens (including phenoxy) is 1. The molecule has 8 nitrogen and oxygen atoms in total. The molecule has 1 heterocycles. The molecule has 2 aromatic carbocycles. The lowest BCUT2D eigenvalue weighted by atomic mass is 10.1. The molecule has 0 saturated heterocycles. The molecule has 0 radical (unpaired) electrons. The lowest BCUT2D eigenvalue weighted by Gasteiger charge is -2.08. The van der Waals surface area contributed by atoms with Gasteiger partial charge in [0.15, 0.2) is 0 Å². The van der Waals surface area contributed by atoms with Gasteiger partial charge in [0, 0.05) is 19.0 Å². The highest BCUT2D eigenvalue weighted by Gasteiger charge is 2.31. The van der Waals surface area contributed by atoms with E-state index in [1.807, 2.05) is 54.6 Å². The average molecular weight is 422 g/mol. The molecule has 2 N–H and O–H groups in total. The smallest absolute Gasteiger partial charge is 0.350 e. The Morgan fingerprint density at radius 2 is 1.77 bits per heavy atom. The maximum atomic E-state index is 12.9. The van der Waals surface area contributed by atoms with Crippen molar-refractivity contribution in [3.8, 4) is 11.4 Å². The molecule has 0 bridgehead atoms. The normalized spacial score (nSPS) is 13.1. The van der Waals surface area contributed by atoms with Crippen LogP contribution in [0.25, 0.3) is 5.69 Å². The molecule has 2 amide bonds. The van der Waals surface area contributed by atoms with E-state index in [4.69, 9.17) is 4.74 Å². The minimum Gasteiger partial charge on any atom is -0.497 e. The Morgan fingerprint density at radius 3 is 2.45 bits per heavy atom. The fourth-order valence-electron chi connectivity index (χ4n) is 3.45. The van der Waals surface area contributed by atoms with Crippen LogP contribution in [-0.2, 0) is 13.0 Å². The predicted octanol–water partition coefficient (Wildman–Crippen LogP) is 2.46. The first-order valence-corrected chi connectivity index (χ1v) is 10.6. The zero-order valence-electron chi connectivity index (χ0n) is 17.6. The topological polar surface area (TPSA) is 90.2 Å². The van der Waals surface area contributed by atoms with Gasteiger partial charge in [0.05, 0.1) is 19.3 Å². The first kappa shape index (κ1) is 20.7. The van der Waals surface area contributed by atoms with Gasteiger partial charge < -0.3 is 15.4 Å². The molecule has 4 rings (SSSR count). The molecule has 1 fully saturated rings. The first-order valence-electron chi connectivity index (χ1n) is 10.6. The van der Waals surface area contributed by atoms with Crippen molar-refractivity contribution in [2.75, 3.05) is 20.2 Å². The Hall–Kier alpha value is -3.55. The van der Waals surface area contributed by atoms with Gasteiger partial charge in [-0.15, -0.1) is 0 Å². The van der Waals surface area contributed by atoms with Gasteiger partial charge in [-0.3, -0.25) is 0 Å². The molecule has 1 aromatic heterocycles. The number of benzene rings is 2. The van der Waals surface area contributed by atoms with Crippen LogP contribution in [0.1, 0.15) is 30.1 Å². The monoisotopic (exact) mass is 421 g/mol. The lowest BCUT2D eigenvalue weighted by molar-refractivity contribution is 0.240. The number of nitrogens with zero attached hydrogens (tertiary/aromatic N) is 3. The van der Waals surface area contributed by atoms with Crippen LogP contribution in [0.4, 0.5) is 4.79 Å². The van der Waals surface area contributed by atoms with Gasteiger partial charge in [0.2, 0.25) is 0 Å². The Bertz CT molecular complexity index is 1070.